The Morgan fingerprint density at radius 3 is 2.03 bits per heavy atom. The molecule has 0 fully saturated rings. The third kappa shape index (κ3) is 4.08. The minimum atomic E-state index is -3.66. The molecule has 29 heavy (non-hydrogen) atoms. The van der Waals surface area contributed by atoms with Crippen LogP contribution in [0.25, 0.3) is 10.8 Å². The number of nitrogens with one attached hydrogen (secondary N) is 1. The fraction of sp³-hybridized carbons (Fsp3) is 0.333. The van der Waals surface area contributed by atoms with Gasteiger partial charge in [-0.3, -0.25) is 0 Å². The molecule has 0 radical (unpaired) electrons. The SMILES string of the molecule is Cc1c(C)c(C)c(S(=O)(=O)NCCC(O)c2cccc3ccccc23)c(C)c1C. The van der Waals surface area contributed by atoms with Gasteiger partial charge in [0.1, 0.15) is 0 Å². The van der Waals surface area contributed by atoms with Gasteiger partial charge in [0, 0.05) is 6.54 Å². The Labute approximate surface area is 173 Å². The zero-order chi connectivity index (χ0) is 21.3. The maximum Gasteiger partial charge on any atom is 0.241 e. The van der Waals surface area contributed by atoms with Crippen LogP contribution in [0.4, 0.5) is 0 Å². The van der Waals surface area contributed by atoms with E-state index in [4.69, 9.17) is 0 Å². The summed E-state index contributed by atoms with van der Waals surface area (Å²) in [6, 6.07) is 13.7. The second kappa shape index (κ2) is 8.27. The number of sulfonamides is 1. The normalized spacial score (nSPS) is 13.0. The van der Waals surface area contributed by atoms with Crippen molar-refractivity contribution in [2.24, 2.45) is 0 Å². The lowest BCUT2D eigenvalue weighted by Crippen LogP contribution is -2.28. The van der Waals surface area contributed by atoms with Crippen molar-refractivity contribution in [3.8, 4) is 0 Å². The first-order valence-electron chi connectivity index (χ1n) is 9.87. The Morgan fingerprint density at radius 2 is 1.38 bits per heavy atom. The summed E-state index contributed by atoms with van der Waals surface area (Å²) in [7, 11) is -3.66. The highest BCUT2D eigenvalue weighted by Gasteiger charge is 2.23. The van der Waals surface area contributed by atoms with E-state index in [-0.39, 0.29) is 6.54 Å². The topological polar surface area (TPSA) is 66.4 Å². The largest absolute Gasteiger partial charge is 0.388 e. The smallest absolute Gasteiger partial charge is 0.241 e. The Balaban J connectivity index is 1.80. The van der Waals surface area contributed by atoms with Gasteiger partial charge in [-0.1, -0.05) is 42.5 Å². The molecular formula is C24H29NO3S. The quantitative estimate of drug-likeness (QED) is 0.613. The lowest BCUT2D eigenvalue weighted by molar-refractivity contribution is 0.170. The van der Waals surface area contributed by atoms with Gasteiger partial charge in [-0.15, -0.1) is 0 Å². The molecule has 0 bridgehead atoms. The van der Waals surface area contributed by atoms with Crippen molar-refractivity contribution in [3.63, 3.8) is 0 Å². The second-order valence-corrected chi connectivity index (χ2v) is 9.43. The van der Waals surface area contributed by atoms with Gasteiger partial charge in [0.25, 0.3) is 0 Å². The summed E-state index contributed by atoms with van der Waals surface area (Å²) in [5.41, 5.74) is 5.52. The number of aliphatic hydroxyl groups excluding tert-OH is 1. The van der Waals surface area contributed by atoms with Gasteiger partial charge in [-0.05, 0) is 85.2 Å². The van der Waals surface area contributed by atoms with E-state index >= 15 is 0 Å². The van der Waals surface area contributed by atoms with Gasteiger partial charge >= 0.3 is 0 Å². The molecule has 0 saturated heterocycles. The van der Waals surface area contributed by atoms with Gasteiger partial charge < -0.3 is 5.11 Å². The van der Waals surface area contributed by atoms with Gasteiger partial charge in [0.05, 0.1) is 11.0 Å². The molecule has 2 N–H and O–H groups in total. The molecule has 5 heteroatoms. The number of rotatable bonds is 6. The van der Waals surface area contributed by atoms with Crippen molar-refractivity contribution in [1.82, 2.24) is 4.72 Å². The van der Waals surface area contributed by atoms with Crippen LogP contribution in [-0.4, -0.2) is 20.1 Å². The molecule has 1 unspecified atom stereocenters. The van der Waals surface area contributed by atoms with E-state index in [0.29, 0.717) is 11.3 Å². The molecule has 3 rings (SSSR count). The molecule has 0 aliphatic heterocycles. The summed E-state index contributed by atoms with van der Waals surface area (Å²) < 4.78 is 28.7. The minimum absolute atomic E-state index is 0.164. The molecule has 3 aromatic rings. The minimum Gasteiger partial charge on any atom is -0.388 e. The second-order valence-electron chi connectivity index (χ2n) is 7.72. The van der Waals surface area contributed by atoms with Crippen molar-refractivity contribution < 1.29 is 13.5 Å². The van der Waals surface area contributed by atoms with E-state index in [1.807, 2.05) is 77.1 Å². The summed E-state index contributed by atoms with van der Waals surface area (Å²) in [5, 5.41) is 12.7. The summed E-state index contributed by atoms with van der Waals surface area (Å²) in [5.74, 6) is 0. The number of fused-ring (bicyclic) bond motifs is 1. The van der Waals surface area contributed by atoms with Crippen molar-refractivity contribution in [1.29, 1.82) is 0 Å². The molecule has 0 aromatic heterocycles. The zero-order valence-corrected chi connectivity index (χ0v) is 18.5. The molecule has 0 aliphatic rings. The summed E-state index contributed by atoms with van der Waals surface area (Å²) in [6.45, 7) is 9.82. The molecule has 4 nitrogen and oxygen atoms in total. The first kappa shape index (κ1) is 21.5. The van der Waals surface area contributed by atoms with E-state index < -0.39 is 16.1 Å². The average Bonchev–Trinajstić information content (AvgIpc) is 2.70. The first-order chi connectivity index (χ1) is 13.6. The zero-order valence-electron chi connectivity index (χ0n) is 17.7. The number of benzene rings is 3. The molecule has 0 aliphatic carbocycles. The number of aliphatic hydroxyl groups is 1. The monoisotopic (exact) mass is 411 g/mol. The van der Waals surface area contributed by atoms with Crippen LogP contribution in [0.2, 0.25) is 0 Å². The average molecular weight is 412 g/mol. The van der Waals surface area contributed by atoms with E-state index in [2.05, 4.69) is 4.72 Å². The van der Waals surface area contributed by atoms with Crippen LogP contribution in [0.1, 0.15) is 45.9 Å². The van der Waals surface area contributed by atoms with Crippen LogP contribution in [0.15, 0.2) is 47.4 Å². The highest BCUT2D eigenvalue weighted by molar-refractivity contribution is 7.89. The fourth-order valence-corrected chi connectivity index (χ4v) is 5.61. The molecule has 1 atom stereocenters. The molecule has 0 heterocycles. The highest BCUT2D eigenvalue weighted by atomic mass is 32.2. The molecular weight excluding hydrogens is 382 g/mol. The summed E-state index contributed by atoms with van der Waals surface area (Å²) in [6.07, 6.45) is -0.442. The molecule has 0 spiro atoms. The van der Waals surface area contributed by atoms with Crippen LogP contribution in [0.5, 0.6) is 0 Å². The summed E-state index contributed by atoms with van der Waals surface area (Å²) in [4.78, 5) is 0.359. The third-order valence-corrected chi connectivity index (χ3v) is 7.83. The van der Waals surface area contributed by atoms with Crippen LogP contribution in [0, 0.1) is 34.6 Å². The standard InChI is InChI=1S/C24H29NO3S/c1-15-16(2)18(4)24(19(5)17(15)3)29(27,28)25-14-13-23(26)22-12-8-10-20-9-6-7-11-21(20)22/h6-12,23,25-26H,13-14H2,1-5H3. The van der Waals surface area contributed by atoms with E-state index in [1.165, 1.54) is 0 Å². The summed E-state index contributed by atoms with van der Waals surface area (Å²) >= 11 is 0. The predicted molar refractivity (Wildman–Crippen MR) is 119 cm³/mol. The lowest BCUT2D eigenvalue weighted by Gasteiger charge is -2.19. The third-order valence-electron chi connectivity index (χ3n) is 6.09. The molecule has 154 valence electrons. The highest BCUT2D eigenvalue weighted by Crippen LogP contribution is 2.30. The van der Waals surface area contributed by atoms with Crippen molar-refractivity contribution >= 4 is 20.8 Å². The number of hydrogen-bond acceptors (Lipinski definition) is 3. The van der Waals surface area contributed by atoms with Crippen molar-refractivity contribution in [2.45, 2.75) is 52.0 Å². The molecule has 3 aromatic carbocycles. The molecule has 0 saturated carbocycles. The van der Waals surface area contributed by atoms with Crippen LogP contribution < -0.4 is 4.72 Å². The van der Waals surface area contributed by atoms with Crippen LogP contribution in [-0.2, 0) is 10.0 Å². The first-order valence-corrected chi connectivity index (χ1v) is 11.4. The van der Waals surface area contributed by atoms with E-state index in [0.717, 1.165) is 44.2 Å². The van der Waals surface area contributed by atoms with E-state index in [1.54, 1.807) is 0 Å². The van der Waals surface area contributed by atoms with Gasteiger partial charge in [-0.25, -0.2) is 13.1 Å². The predicted octanol–water partition coefficient (Wildman–Crippen LogP) is 4.78. The van der Waals surface area contributed by atoms with Crippen LogP contribution >= 0.6 is 0 Å². The van der Waals surface area contributed by atoms with E-state index in [9.17, 15) is 13.5 Å². The van der Waals surface area contributed by atoms with Crippen molar-refractivity contribution in [3.05, 3.63) is 75.8 Å². The van der Waals surface area contributed by atoms with Crippen LogP contribution in [0.3, 0.4) is 0 Å². The van der Waals surface area contributed by atoms with Crippen molar-refractivity contribution in [2.75, 3.05) is 6.54 Å². The Bertz CT molecular complexity index is 1130. The number of hydrogen-bond donors (Lipinski definition) is 2. The molecule has 0 amide bonds. The van der Waals surface area contributed by atoms with Gasteiger partial charge in [0.15, 0.2) is 0 Å². The van der Waals surface area contributed by atoms with Gasteiger partial charge in [-0.2, -0.15) is 0 Å². The Hall–Kier alpha value is -2.21. The lowest BCUT2D eigenvalue weighted by atomic mass is 9.95. The Kier molecular flexibility index (Phi) is 6.13. The maximum absolute atomic E-state index is 13.0. The maximum atomic E-state index is 13.0. The van der Waals surface area contributed by atoms with Gasteiger partial charge in [0.2, 0.25) is 10.0 Å². The Morgan fingerprint density at radius 1 is 0.828 bits per heavy atom. The fourth-order valence-electron chi connectivity index (χ4n) is 3.97.